The molecule has 0 fully saturated rings. The molecule has 0 amide bonds. The Morgan fingerprint density at radius 2 is 1.29 bits per heavy atom. The van der Waals surface area contributed by atoms with Gasteiger partial charge in [-0.15, -0.1) is 0 Å². The van der Waals surface area contributed by atoms with Gasteiger partial charge >= 0.3 is 0 Å². The molecule has 0 bridgehead atoms. The highest BCUT2D eigenvalue weighted by molar-refractivity contribution is 4.84. The van der Waals surface area contributed by atoms with Crippen molar-refractivity contribution in [1.29, 1.82) is 0 Å². The summed E-state index contributed by atoms with van der Waals surface area (Å²) in [5, 5.41) is 0. The van der Waals surface area contributed by atoms with E-state index >= 15 is 0 Å². The maximum absolute atomic E-state index is 2.48. The van der Waals surface area contributed by atoms with E-state index in [-0.39, 0.29) is 0 Å². The van der Waals surface area contributed by atoms with Crippen molar-refractivity contribution in [1.82, 2.24) is 4.57 Å². The van der Waals surface area contributed by atoms with Crippen molar-refractivity contribution in [2.75, 3.05) is 0 Å². The topological polar surface area (TPSA) is 8.81 Å². The normalized spacial score (nSPS) is 11.3. The van der Waals surface area contributed by atoms with Crippen molar-refractivity contribution >= 4 is 0 Å². The van der Waals surface area contributed by atoms with Gasteiger partial charge in [0, 0.05) is 6.42 Å². The maximum atomic E-state index is 2.48. The Labute approximate surface area is 151 Å². The van der Waals surface area contributed by atoms with Gasteiger partial charge in [-0.2, -0.15) is 0 Å². The Morgan fingerprint density at radius 1 is 0.708 bits per heavy atom. The maximum Gasteiger partial charge on any atom is 0.256 e. The van der Waals surface area contributed by atoms with Gasteiger partial charge in [-0.05, 0) is 19.3 Å². The average Bonchev–Trinajstić information content (AvgIpc) is 2.95. The molecule has 2 heteroatoms. The molecule has 24 heavy (non-hydrogen) atoms. The van der Waals surface area contributed by atoms with Gasteiger partial charge in [0.05, 0.1) is 13.1 Å². The Morgan fingerprint density at radius 3 is 1.83 bits per heavy atom. The van der Waals surface area contributed by atoms with Crippen LogP contribution in [0.3, 0.4) is 0 Å². The Kier molecular flexibility index (Phi) is 12.9. The lowest BCUT2D eigenvalue weighted by atomic mass is 10.1. The number of nitrogens with zero attached hydrogens (tertiary/aromatic N) is 2. The molecule has 0 aliphatic rings. The number of hydrogen-bond donors (Lipinski definition) is 0. The zero-order valence-corrected chi connectivity index (χ0v) is 16.9. The molecule has 0 radical (unpaired) electrons. The van der Waals surface area contributed by atoms with Crippen LogP contribution in [0.2, 0.25) is 0 Å². The van der Waals surface area contributed by atoms with Crippen LogP contribution in [0.5, 0.6) is 0 Å². The summed E-state index contributed by atoms with van der Waals surface area (Å²) < 4.78 is 4.96. The fourth-order valence-electron chi connectivity index (χ4n) is 3.62. The van der Waals surface area contributed by atoms with Gasteiger partial charge < -0.3 is 0 Å². The second-order valence-electron chi connectivity index (χ2n) is 7.39. The summed E-state index contributed by atoms with van der Waals surface area (Å²) in [6.45, 7) is 9.18. The predicted octanol–water partition coefficient (Wildman–Crippen LogP) is 6.45. The van der Waals surface area contributed by atoms with Gasteiger partial charge in [0.2, 0.25) is 0 Å². The summed E-state index contributed by atoms with van der Waals surface area (Å²) in [4.78, 5) is 0. The summed E-state index contributed by atoms with van der Waals surface area (Å²) in [5.74, 6) is 1.55. The second kappa shape index (κ2) is 14.5. The minimum atomic E-state index is 1.17. The van der Waals surface area contributed by atoms with E-state index in [0.717, 1.165) is 0 Å². The van der Waals surface area contributed by atoms with Crippen LogP contribution in [-0.2, 0) is 19.5 Å². The van der Waals surface area contributed by atoms with Crippen molar-refractivity contribution in [3.63, 3.8) is 0 Å². The lowest BCUT2D eigenvalue weighted by molar-refractivity contribution is -0.703. The molecule has 0 aliphatic heterocycles. The van der Waals surface area contributed by atoms with Crippen LogP contribution in [0.15, 0.2) is 12.4 Å². The molecule has 0 spiro atoms. The molecule has 0 saturated carbocycles. The first-order valence-corrected chi connectivity index (χ1v) is 10.9. The third-order valence-electron chi connectivity index (χ3n) is 5.02. The number of imidazole rings is 1. The van der Waals surface area contributed by atoms with E-state index < -0.39 is 0 Å². The number of aromatic nitrogens is 2. The third-order valence-corrected chi connectivity index (χ3v) is 5.02. The predicted molar refractivity (Wildman–Crippen MR) is 105 cm³/mol. The molecule has 2 nitrogen and oxygen atoms in total. The largest absolute Gasteiger partial charge is 0.256 e. The molecule has 0 saturated heterocycles. The van der Waals surface area contributed by atoms with Gasteiger partial charge in [0.15, 0.2) is 0 Å². The highest BCUT2D eigenvalue weighted by atomic mass is 15.1. The van der Waals surface area contributed by atoms with Crippen LogP contribution >= 0.6 is 0 Å². The highest BCUT2D eigenvalue weighted by Crippen LogP contribution is 2.12. The molecule has 0 unspecified atom stereocenters. The Bertz CT molecular complexity index is 371. The van der Waals surface area contributed by atoms with Crippen molar-refractivity contribution < 1.29 is 4.57 Å². The highest BCUT2D eigenvalue weighted by Gasteiger charge is 2.15. The van der Waals surface area contributed by atoms with E-state index in [9.17, 15) is 0 Å². The first kappa shape index (κ1) is 21.3. The zero-order valence-electron chi connectivity index (χ0n) is 16.9. The molecular weight excluding hydrogens is 292 g/mol. The second-order valence-corrected chi connectivity index (χ2v) is 7.39. The standard InChI is InChI=1S/C22H43N2/c1-4-7-8-9-10-11-12-13-14-15-16-17-22-23(18-5-2)20-21-24(22)19-6-3/h20-21H,4-19H2,1-3H3/q+1. The zero-order chi connectivity index (χ0) is 17.5. The summed E-state index contributed by atoms with van der Waals surface area (Å²) in [5.41, 5.74) is 0. The Hall–Kier alpha value is -0.790. The van der Waals surface area contributed by atoms with Crippen molar-refractivity contribution in [2.24, 2.45) is 0 Å². The quantitative estimate of drug-likeness (QED) is 0.242. The third kappa shape index (κ3) is 8.89. The number of hydrogen-bond acceptors (Lipinski definition) is 0. The smallest absolute Gasteiger partial charge is 0.234 e. The molecule has 1 aromatic rings. The average molecular weight is 336 g/mol. The van der Waals surface area contributed by atoms with E-state index in [1.54, 1.807) is 5.82 Å². The van der Waals surface area contributed by atoms with Crippen LogP contribution in [0.25, 0.3) is 0 Å². The summed E-state index contributed by atoms with van der Waals surface area (Å²) in [6, 6.07) is 0. The SMILES string of the molecule is CCCCCCCCCCCCCc1n(CCC)cc[n+]1CCC. The first-order valence-electron chi connectivity index (χ1n) is 10.9. The minimum absolute atomic E-state index is 1.17. The van der Waals surface area contributed by atoms with Crippen LogP contribution in [0.1, 0.15) is 110 Å². The minimum Gasteiger partial charge on any atom is -0.234 e. The molecule has 0 N–H and O–H groups in total. The van der Waals surface area contributed by atoms with Crippen LogP contribution in [0.4, 0.5) is 0 Å². The van der Waals surface area contributed by atoms with Crippen molar-refractivity contribution in [2.45, 2.75) is 124 Å². The van der Waals surface area contributed by atoms with Gasteiger partial charge in [-0.3, -0.25) is 0 Å². The molecule has 1 rings (SSSR count). The van der Waals surface area contributed by atoms with E-state index in [0.29, 0.717) is 0 Å². The number of unbranched alkanes of at least 4 members (excludes halogenated alkanes) is 10. The molecule has 0 aliphatic carbocycles. The number of rotatable bonds is 16. The molecule has 0 atom stereocenters. The Balaban J connectivity index is 2.11. The van der Waals surface area contributed by atoms with Crippen LogP contribution in [0, 0.1) is 0 Å². The van der Waals surface area contributed by atoms with Crippen LogP contribution in [-0.4, -0.2) is 4.57 Å². The van der Waals surface area contributed by atoms with E-state index in [2.05, 4.69) is 42.3 Å². The van der Waals surface area contributed by atoms with Gasteiger partial charge in [0.25, 0.3) is 5.82 Å². The molecule has 1 heterocycles. The molecule has 1 aromatic heterocycles. The lowest BCUT2D eigenvalue weighted by Gasteiger charge is -2.05. The van der Waals surface area contributed by atoms with E-state index in [4.69, 9.17) is 0 Å². The van der Waals surface area contributed by atoms with E-state index in [1.165, 1.54) is 103 Å². The molecule has 140 valence electrons. The van der Waals surface area contributed by atoms with Crippen molar-refractivity contribution in [3.8, 4) is 0 Å². The van der Waals surface area contributed by atoms with Crippen LogP contribution < -0.4 is 4.57 Å². The summed E-state index contributed by atoms with van der Waals surface area (Å²) in [7, 11) is 0. The van der Waals surface area contributed by atoms with Crippen molar-refractivity contribution in [3.05, 3.63) is 18.2 Å². The summed E-state index contributed by atoms with van der Waals surface area (Å²) >= 11 is 0. The lowest BCUT2D eigenvalue weighted by Crippen LogP contribution is -2.37. The van der Waals surface area contributed by atoms with Gasteiger partial charge in [-0.25, -0.2) is 9.13 Å². The van der Waals surface area contributed by atoms with E-state index in [1.807, 2.05) is 0 Å². The summed E-state index contributed by atoms with van der Waals surface area (Å²) in [6.07, 6.45) is 24.0. The monoisotopic (exact) mass is 335 g/mol. The van der Waals surface area contributed by atoms with Gasteiger partial charge in [0.1, 0.15) is 12.4 Å². The fraction of sp³-hybridized carbons (Fsp3) is 0.864. The fourth-order valence-corrected chi connectivity index (χ4v) is 3.62. The first-order chi connectivity index (χ1) is 11.8. The van der Waals surface area contributed by atoms with Gasteiger partial charge in [-0.1, -0.05) is 85.0 Å². The number of aryl methyl sites for hydroxylation is 2. The molecular formula is C22H43N2+. The molecule has 0 aromatic carbocycles.